The van der Waals surface area contributed by atoms with Crippen LogP contribution in [0.25, 0.3) is 87.4 Å². The molecule has 0 atom stereocenters. The molecule has 0 saturated carbocycles. The van der Waals surface area contributed by atoms with Crippen LogP contribution in [0.1, 0.15) is 0 Å². The molecule has 0 saturated heterocycles. The van der Waals surface area contributed by atoms with Crippen molar-refractivity contribution in [1.82, 2.24) is 15.0 Å². The van der Waals surface area contributed by atoms with Gasteiger partial charge in [0, 0.05) is 53.2 Å². The highest BCUT2D eigenvalue weighted by Crippen LogP contribution is 2.43. The van der Waals surface area contributed by atoms with Crippen molar-refractivity contribution in [1.29, 1.82) is 0 Å². The van der Waals surface area contributed by atoms with Crippen molar-refractivity contribution in [2.75, 3.05) is 0 Å². The van der Waals surface area contributed by atoms with E-state index in [0.29, 0.717) is 17.5 Å². The van der Waals surface area contributed by atoms with Gasteiger partial charge < -0.3 is 4.42 Å². The number of benzene rings is 6. The van der Waals surface area contributed by atoms with Crippen LogP contribution in [0, 0.1) is 0 Å². The maximum atomic E-state index is 6.22. The quantitative estimate of drug-likeness (QED) is 0.207. The molecule has 0 amide bonds. The van der Waals surface area contributed by atoms with Gasteiger partial charge >= 0.3 is 0 Å². The van der Waals surface area contributed by atoms with Crippen LogP contribution < -0.4 is 0 Å². The van der Waals surface area contributed by atoms with E-state index in [1.54, 1.807) is 0 Å². The molecule has 6 aromatic carbocycles. The number of thiophene rings is 1. The van der Waals surface area contributed by atoms with E-state index in [9.17, 15) is 0 Å². The van der Waals surface area contributed by atoms with Gasteiger partial charge in [-0.25, -0.2) is 15.0 Å². The van der Waals surface area contributed by atoms with E-state index in [-0.39, 0.29) is 0 Å². The van der Waals surface area contributed by atoms with E-state index < -0.39 is 0 Å². The lowest BCUT2D eigenvalue weighted by Crippen LogP contribution is -2.01. The first-order chi connectivity index (χ1) is 21.8. The second kappa shape index (κ2) is 9.97. The highest BCUT2D eigenvalue weighted by Gasteiger charge is 2.20. The molecule has 0 spiro atoms. The van der Waals surface area contributed by atoms with Gasteiger partial charge in [0.25, 0.3) is 0 Å². The standard InChI is InChI=1S/C39H23N3OS/c1-2-12-24(13-3-1)37-40-38(42-39(41-37)31-20-11-22-33-35(31)30-17-6-8-21-32(30)43-33)29-16-5-4-14-25(29)27-18-10-19-28-26-15-7-9-23-34(26)44-36(27)28/h1-23H. The molecule has 0 N–H and O–H groups in total. The number of furan rings is 1. The first-order valence-corrected chi connectivity index (χ1v) is 15.4. The van der Waals surface area contributed by atoms with E-state index in [4.69, 9.17) is 19.4 Å². The Hall–Kier alpha value is -5.65. The maximum Gasteiger partial charge on any atom is 0.164 e. The highest BCUT2D eigenvalue weighted by atomic mass is 32.1. The summed E-state index contributed by atoms with van der Waals surface area (Å²) < 4.78 is 8.75. The van der Waals surface area contributed by atoms with Crippen molar-refractivity contribution in [3.63, 3.8) is 0 Å². The summed E-state index contributed by atoms with van der Waals surface area (Å²) in [5.41, 5.74) is 6.72. The fourth-order valence-electron chi connectivity index (χ4n) is 6.17. The molecule has 0 fully saturated rings. The predicted molar refractivity (Wildman–Crippen MR) is 182 cm³/mol. The molecular formula is C39H23N3OS. The van der Waals surface area contributed by atoms with Crippen molar-refractivity contribution >= 4 is 53.4 Å². The van der Waals surface area contributed by atoms with E-state index in [1.165, 1.54) is 25.7 Å². The van der Waals surface area contributed by atoms with Crippen molar-refractivity contribution in [2.24, 2.45) is 0 Å². The van der Waals surface area contributed by atoms with E-state index >= 15 is 0 Å². The zero-order chi connectivity index (χ0) is 29.0. The minimum Gasteiger partial charge on any atom is -0.456 e. The van der Waals surface area contributed by atoms with Crippen molar-refractivity contribution in [3.05, 3.63) is 140 Å². The summed E-state index contributed by atoms with van der Waals surface area (Å²) in [6, 6.07) is 47.9. The Morgan fingerprint density at radius 2 is 1.00 bits per heavy atom. The van der Waals surface area contributed by atoms with E-state index in [2.05, 4.69) is 78.9 Å². The molecule has 0 radical (unpaired) electrons. The molecular weight excluding hydrogens is 559 g/mol. The molecule has 0 unspecified atom stereocenters. The smallest absolute Gasteiger partial charge is 0.164 e. The summed E-state index contributed by atoms with van der Waals surface area (Å²) >= 11 is 1.83. The third kappa shape index (κ3) is 3.94. The number of para-hydroxylation sites is 1. The van der Waals surface area contributed by atoms with Gasteiger partial charge in [-0.3, -0.25) is 0 Å². The molecule has 5 heteroatoms. The van der Waals surface area contributed by atoms with Gasteiger partial charge in [0.05, 0.1) is 0 Å². The Labute approximate surface area is 256 Å². The molecule has 206 valence electrons. The van der Waals surface area contributed by atoms with Crippen LogP contribution in [-0.2, 0) is 0 Å². The SMILES string of the molecule is c1ccc(-c2nc(-c3ccccc3-c3cccc4c3sc3ccccc34)nc(-c3cccc4oc5ccccc5c34)n2)cc1. The van der Waals surface area contributed by atoms with Gasteiger partial charge in [-0.2, -0.15) is 0 Å². The fraction of sp³-hybridized carbons (Fsp3) is 0. The van der Waals surface area contributed by atoms with Crippen LogP contribution in [0.2, 0.25) is 0 Å². The minimum atomic E-state index is 0.612. The minimum absolute atomic E-state index is 0.612. The van der Waals surface area contributed by atoms with Crippen LogP contribution in [0.15, 0.2) is 144 Å². The number of aromatic nitrogens is 3. The fourth-order valence-corrected chi connectivity index (χ4v) is 7.40. The van der Waals surface area contributed by atoms with Crippen molar-refractivity contribution in [3.8, 4) is 45.3 Å². The lowest BCUT2D eigenvalue weighted by molar-refractivity contribution is 0.669. The zero-order valence-electron chi connectivity index (χ0n) is 23.4. The summed E-state index contributed by atoms with van der Waals surface area (Å²) in [6.07, 6.45) is 0. The molecule has 0 bridgehead atoms. The molecule has 4 nitrogen and oxygen atoms in total. The summed E-state index contributed by atoms with van der Waals surface area (Å²) in [5, 5.41) is 4.58. The Bertz CT molecular complexity index is 2510. The maximum absolute atomic E-state index is 6.22. The highest BCUT2D eigenvalue weighted by molar-refractivity contribution is 7.26. The second-order valence-corrected chi connectivity index (χ2v) is 11.8. The summed E-state index contributed by atoms with van der Waals surface area (Å²) in [6.45, 7) is 0. The Morgan fingerprint density at radius 1 is 0.409 bits per heavy atom. The van der Waals surface area contributed by atoms with Crippen LogP contribution >= 0.6 is 11.3 Å². The average Bonchev–Trinajstić information content (AvgIpc) is 3.67. The molecule has 9 rings (SSSR count). The summed E-state index contributed by atoms with van der Waals surface area (Å²) in [7, 11) is 0. The first kappa shape index (κ1) is 24.9. The summed E-state index contributed by atoms with van der Waals surface area (Å²) in [4.78, 5) is 15.3. The van der Waals surface area contributed by atoms with Gasteiger partial charge in [-0.05, 0) is 23.8 Å². The molecule has 3 aromatic heterocycles. The van der Waals surface area contributed by atoms with Gasteiger partial charge in [-0.1, -0.05) is 121 Å². The van der Waals surface area contributed by atoms with Gasteiger partial charge in [0.15, 0.2) is 17.5 Å². The lowest BCUT2D eigenvalue weighted by Gasteiger charge is -2.13. The Kier molecular flexibility index (Phi) is 5.64. The van der Waals surface area contributed by atoms with E-state index in [1.807, 2.05) is 72.0 Å². The zero-order valence-corrected chi connectivity index (χ0v) is 24.3. The third-order valence-corrected chi connectivity index (χ3v) is 9.39. The number of fused-ring (bicyclic) bond motifs is 6. The molecule has 0 aliphatic heterocycles. The van der Waals surface area contributed by atoms with Gasteiger partial charge in [-0.15, -0.1) is 11.3 Å². The third-order valence-electron chi connectivity index (χ3n) is 8.17. The molecule has 44 heavy (non-hydrogen) atoms. The number of nitrogens with zero attached hydrogens (tertiary/aromatic N) is 3. The van der Waals surface area contributed by atoms with E-state index in [0.717, 1.165) is 44.2 Å². The van der Waals surface area contributed by atoms with Crippen LogP contribution in [0.4, 0.5) is 0 Å². The lowest BCUT2D eigenvalue weighted by atomic mass is 9.97. The predicted octanol–water partition coefficient (Wildman–Crippen LogP) is 10.8. The normalized spacial score (nSPS) is 11.6. The Morgan fingerprint density at radius 3 is 1.89 bits per heavy atom. The van der Waals surface area contributed by atoms with Crippen LogP contribution in [0.5, 0.6) is 0 Å². The van der Waals surface area contributed by atoms with Gasteiger partial charge in [0.2, 0.25) is 0 Å². The second-order valence-electron chi connectivity index (χ2n) is 10.8. The first-order valence-electron chi connectivity index (χ1n) is 14.5. The van der Waals surface area contributed by atoms with Crippen LogP contribution in [-0.4, -0.2) is 15.0 Å². The summed E-state index contributed by atoms with van der Waals surface area (Å²) in [5.74, 6) is 1.87. The van der Waals surface area contributed by atoms with Crippen molar-refractivity contribution < 1.29 is 4.42 Å². The molecule has 3 heterocycles. The average molecular weight is 582 g/mol. The Balaban J connectivity index is 1.32. The van der Waals surface area contributed by atoms with Crippen molar-refractivity contribution in [2.45, 2.75) is 0 Å². The number of hydrogen-bond donors (Lipinski definition) is 0. The van der Waals surface area contributed by atoms with Gasteiger partial charge in [0.1, 0.15) is 11.2 Å². The molecule has 0 aliphatic rings. The number of hydrogen-bond acceptors (Lipinski definition) is 5. The largest absolute Gasteiger partial charge is 0.456 e. The number of rotatable bonds is 4. The monoisotopic (exact) mass is 581 g/mol. The topological polar surface area (TPSA) is 51.8 Å². The molecule has 9 aromatic rings. The molecule has 0 aliphatic carbocycles. The van der Waals surface area contributed by atoms with Crippen LogP contribution in [0.3, 0.4) is 0 Å².